The Morgan fingerprint density at radius 1 is 1.45 bits per heavy atom. The maximum absolute atomic E-state index is 11.6. The molecule has 2 rings (SSSR count). The van der Waals surface area contributed by atoms with Gasteiger partial charge in [0.05, 0.1) is 7.11 Å². The van der Waals surface area contributed by atoms with Gasteiger partial charge in [0.2, 0.25) is 5.91 Å². The first-order chi connectivity index (χ1) is 9.56. The summed E-state index contributed by atoms with van der Waals surface area (Å²) in [5, 5.41) is 3.18. The highest BCUT2D eigenvalue weighted by Crippen LogP contribution is 2.30. The smallest absolute Gasteiger partial charge is 0.328 e. The van der Waals surface area contributed by atoms with E-state index < -0.39 is 0 Å². The summed E-state index contributed by atoms with van der Waals surface area (Å²) in [5.74, 6) is -0.205. The Morgan fingerprint density at radius 3 is 2.80 bits per heavy atom. The van der Waals surface area contributed by atoms with Gasteiger partial charge in [-0.2, -0.15) is 0 Å². The van der Waals surface area contributed by atoms with Crippen LogP contribution in [0.15, 0.2) is 18.2 Å². The van der Waals surface area contributed by atoms with Crippen LogP contribution in [0.1, 0.15) is 25.8 Å². The molecule has 0 saturated carbocycles. The molecule has 0 saturated heterocycles. The molecule has 20 heavy (non-hydrogen) atoms. The number of anilines is 2. The molecule has 0 aromatic heterocycles. The minimum Gasteiger partial charge on any atom is -0.467 e. The number of esters is 1. The monoisotopic (exact) mass is 276 g/mol. The van der Waals surface area contributed by atoms with Crippen LogP contribution in [-0.2, 0) is 20.7 Å². The fourth-order valence-corrected chi connectivity index (χ4v) is 2.49. The van der Waals surface area contributed by atoms with Crippen LogP contribution in [0.5, 0.6) is 0 Å². The normalized spacial score (nSPS) is 14.7. The fraction of sp³-hybridized carbons (Fsp3) is 0.467. The van der Waals surface area contributed by atoms with Crippen LogP contribution < -0.4 is 10.2 Å². The van der Waals surface area contributed by atoms with E-state index in [-0.39, 0.29) is 17.9 Å². The van der Waals surface area contributed by atoms with Gasteiger partial charge in [0.25, 0.3) is 0 Å². The third-order valence-corrected chi connectivity index (χ3v) is 3.59. The first kappa shape index (κ1) is 14.4. The predicted octanol–water partition coefficient (Wildman–Crippen LogP) is 1.96. The lowest BCUT2D eigenvalue weighted by Gasteiger charge is -2.18. The summed E-state index contributed by atoms with van der Waals surface area (Å²) in [6, 6.07) is 5.48. The minimum atomic E-state index is -0.344. The highest BCUT2D eigenvalue weighted by molar-refractivity contribution is 5.94. The molecule has 5 heteroatoms. The minimum absolute atomic E-state index is 0.0606. The number of methoxy groups -OCH3 is 1. The molecule has 5 nitrogen and oxygen atoms in total. The number of ether oxygens (including phenoxy) is 1. The average molecular weight is 276 g/mol. The van der Waals surface area contributed by atoms with E-state index in [4.69, 9.17) is 4.74 Å². The molecule has 1 aliphatic rings. The molecule has 1 amide bonds. The van der Waals surface area contributed by atoms with Gasteiger partial charge in [-0.25, -0.2) is 4.79 Å². The van der Waals surface area contributed by atoms with Gasteiger partial charge in [-0.15, -0.1) is 0 Å². The topological polar surface area (TPSA) is 58.6 Å². The second kappa shape index (κ2) is 5.94. The van der Waals surface area contributed by atoms with Crippen molar-refractivity contribution in [1.82, 2.24) is 0 Å². The van der Waals surface area contributed by atoms with Crippen molar-refractivity contribution in [2.24, 2.45) is 0 Å². The number of hydrogen-bond donors (Lipinski definition) is 1. The Balaban J connectivity index is 2.16. The summed E-state index contributed by atoms with van der Waals surface area (Å²) in [7, 11) is 1.39. The molecular formula is C15H20N2O3. The van der Waals surface area contributed by atoms with E-state index in [9.17, 15) is 9.59 Å². The molecule has 0 radical (unpaired) electrons. The van der Waals surface area contributed by atoms with E-state index in [1.54, 1.807) is 11.8 Å². The second-order valence-electron chi connectivity index (χ2n) is 4.89. The SMILES string of the molecule is CCC(Nc1ccc2c(c1)CCN2C(C)=O)C(=O)OC. The van der Waals surface area contributed by atoms with Crippen molar-refractivity contribution in [2.75, 3.05) is 23.9 Å². The van der Waals surface area contributed by atoms with Crippen LogP contribution in [-0.4, -0.2) is 31.6 Å². The van der Waals surface area contributed by atoms with E-state index >= 15 is 0 Å². The lowest BCUT2D eigenvalue weighted by Crippen LogP contribution is -2.29. The molecular weight excluding hydrogens is 256 g/mol. The molecule has 1 unspecified atom stereocenters. The zero-order chi connectivity index (χ0) is 14.7. The molecule has 1 atom stereocenters. The van der Waals surface area contributed by atoms with Crippen LogP contribution >= 0.6 is 0 Å². The first-order valence-corrected chi connectivity index (χ1v) is 6.82. The van der Waals surface area contributed by atoms with Crippen LogP contribution in [0.4, 0.5) is 11.4 Å². The van der Waals surface area contributed by atoms with E-state index in [2.05, 4.69) is 5.32 Å². The Kier molecular flexibility index (Phi) is 4.27. The number of nitrogens with zero attached hydrogens (tertiary/aromatic N) is 1. The summed E-state index contributed by atoms with van der Waals surface area (Å²) >= 11 is 0. The van der Waals surface area contributed by atoms with Gasteiger partial charge >= 0.3 is 5.97 Å². The molecule has 108 valence electrons. The zero-order valence-electron chi connectivity index (χ0n) is 12.1. The van der Waals surface area contributed by atoms with Crippen LogP contribution in [0, 0.1) is 0 Å². The van der Waals surface area contributed by atoms with Crippen LogP contribution in [0.25, 0.3) is 0 Å². The van der Waals surface area contributed by atoms with E-state index in [0.29, 0.717) is 6.42 Å². The molecule has 0 aliphatic carbocycles. The average Bonchev–Trinajstić information content (AvgIpc) is 2.87. The van der Waals surface area contributed by atoms with Crippen molar-refractivity contribution in [3.8, 4) is 0 Å². The van der Waals surface area contributed by atoms with Crippen molar-refractivity contribution in [3.05, 3.63) is 23.8 Å². The molecule has 1 aromatic carbocycles. The van der Waals surface area contributed by atoms with Crippen LogP contribution in [0.3, 0.4) is 0 Å². The fourth-order valence-electron chi connectivity index (χ4n) is 2.49. The molecule has 1 aliphatic heterocycles. The van der Waals surface area contributed by atoms with Gasteiger partial charge in [-0.3, -0.25) is 4.79 Å². The van der Waals surface area contributed by atoms with Gasteiger partial charge in [0.15, 0.2) is 0 Å². The maximum Gasteiger partial charge on any atom is 0.328 e. The number of fused-ring (bicyclic) bond motifs is 1. The number of rotatable bonds is 4. The van der Waals surface area contributed by atoms with E-state index in [1.165, 1.54) is 7.11 Å². The number of benzene rings is 1. The van der Waals surface area contributed by atoms with E-state index in [0.717, 1.165) is 29.9 Å². The number of nitrogens with one attached hydrogen (secondary N) is 1. The Morgan fingerprint density at radius 2 is 2.20 bits per heavy atom. The van der Waals surface area contributed by atoms with Gasteiger partial charge in [-0.05, 0) is 36.6 Å². The first-order valence-electron chi connectivity index (χ1n) is 6.82. The quantitative estimate of drug-likeness (QED) is 0.854. The van der Waals surface area contributed by atoms with Crippen molar-refractivity contribution in [1.29, 1.82) is 0 Å². The van der Waals surface area contributed by atoms with E-state index in [1.807, 2.05) is 25.1 Å². The van der Waals surface area contributed by atoms with Gasteiger partial charge in [-0.1, -0.05) is 6.92 Å². The molecule has 1 aromatic rings. The summed E-state index contributed by atoms with van der Waals surface area (Å²) in [6.07, 6.45) is 1.50. The Hall–Kier alpha value is -2.04. The van der Waals surface area contributed by atoms with Crippen molar-refractivity contribution >= 4 is 23.3 Å². The van der Waals surface area contributed by atoms with Crippen molar-refractivity contribution in [2.45, 2.75) is 32.7 Å². The standard InChI is InChI=1S/C15H20N2O3/c1-4-13(15(19)20-3)16-12-5-6-14-11(9-12)7-8-17(14)10(2)18/h5-6,9,13,16H,4,7-8H2,1-3H3. The summed E-state index contributed by atoms with van der Waals surface area (Å²) in [6.45, 7) is 4.23. The third kappa shape index (κ3) is 2.76. The van der Waals surface area contributed by atoms with Crippen molar-refractivity contribution in [3.63, 3.8) is 0 Å². The van der Waals surface area contributed by atoms with Gasteiger partial charge in [0.1, 0.15) is 6.04 Å². The number of carbonyl (C=O) groups is 2. The maximum atomic E-state index is 11.6. The zero-order valence-corrected chi connectivity index (χ0v) is 12.1. The Bertz CT molecular complexity index is 528. The second-order valence-corrected chi connectivity index (χ2v) is 4.89. The lowest BCUT2D eigenvalue weighted by molar-refractivity contribution is -0.141. The number of amides is 1. The van der Waals surface area contributed by atoms with Crippen molar-refractivity contribution < 1.29 is 14.3 Å². The summed E-state index contributed by atoms with van der Waals surface area (Å²) in [4.78, 5) is 24.9. The molecule has 0 bridgehead atoms. The summed E-state index contributed by atoms with van der Waals surface area (Å²) < 4.78 is 4.76. The third-order valence-electron chi connectivity index (χ3n) is 3.59. The largest absolute Gasteiger partial charge is 0.467 e. The highest BCUT2D eigenvalue weighted by atomic mass is 16.5. The van der Waals surface area contributed by atoms with Gasteiger partial charge < -0.3 is 15.0 Å². The molecule has 0 fully saturated rings. The molecule has 0 spiro atoms. The number of hydrogen-bond acceptors (Lipinski definition) is 4. The summed E-state index contributed by atoms with van der Waals surface area (Å²) in [5.41, 5.74) is 2.98. The van der Waals surface area contributed by atoms with Gasteiger partial charge in [0, 0.05) is 24.8 Å². The van der Waals surface area contributed by atoms with Crippen LogP contribution in [0.2, 0.25) is 0 Å². The molecule has 1 heterocycles. The highest BCUT2D eigenvalue weighted by Gasteiger charge is 2.23. The lowest BCUT2D eigenvalue weighted by atomic mass is 10.1. The Labute approximate surface area is 118 Å². The predicted molar refractivity (Wildman–Crippen MR) is 77.9 cm³/mol. The number of carbonyl (C=O) groups excluding carboxylic acids is 2. The molecule has 1 N–H and O–H groups in total.